The van der Waals surface area contributed by atoms with E-state index in [9.17, 15) is 0 Å². The smallest absolute Gasteiger partial charge is 0 e. The number of hydrogen-bond donors (Lipinski definition) is 0. The van der Waals surface area contributed by atoms with Gasteiger partial charge >= 0.3 is 25.6 Å². The molecule has 0 unspecified atom stereocenters. The fourth-order valence-corrected chi connectivity index (χ4v) is 0. The summed E-state index contributed by atoms with van der Waals surface area (Å²) in [5, 5.41) is 0. The molecule has 0 rings (SSSR count). The first-order chi connectivity index (χ1) is 1.00. The van der Waals surface area contributed by atoms with E-state index in [0.29, 0.717) is 22.5 Å². The minimum absolute atomic E-state index is 0. The van der Waals surface area contributed by atoms with Crippen molar-refractivity contribution in [2.45, 2.75) is 0 Å². The quantitative estimate of drug-likeness (QED) is 0.502. The van der Waals surface area contributed by atoms with E-state index in [4.69, 9.17) is 3.08 Å². The van der Waals surface area contributed by atoms with Crippen LogP contribution in [0, 0.1) is 0 Å². The summed E-state index contributed by atoms with van der Waals surface area (Å²) in [6.45, 7) is 0. The monoisotopic (exact) mass is 343 g/mol. The van der Waals surface area contributed by atoms with Crippen LogP contribution in [0.2, 0.25) is 0 Å². The van der Waals surface area contributed by atoms with E-state index in [1.807, 2.05) is 0 Å². The zero-order valence-electron chi connectivity index (χ0n) is 2.69. The molecule has 0 aliphatic heterocycles. The van der Waals surface area contributed by atoms with Crippen LogP contribution in [0.25, 0.3) is 0 Å². The van der Waals surface area contributed by atoms with Gasteiger partial charge in [-0.2, -0.15) is 0 Å². The molecule has 1 nitrogen and oxygen atoms in total. The fraction of sp³-hybridized carbons (Fsp3) is 0. The Morgan fingerprint density at radius 1 is 1.20 bits per heavy atom. The Morgan fingerprint density at radius 2 is 1.20 bits per heavy atom. The molecule has 0 aromatic carbocycles. The van der Waals surface area contributed by atoms with Gasteiger partial charge in [0.15, 0.2) is 0 Å². The maximum Gasteiger partial charge on any atom is 0 e. The minimum Gasteiger partial charge on any atom is 0 e. The normalized spacial score (nSPS) is 0.800. The van der Waals surface area contributed by atoms with Crippen LogP contribution in [-0.2, 0) is 22.6 Å². The zero-order valence-corrected chi connectivity index (χ0v) is 13.0. The van der Waals surface area contributed by atoms with Crippen molar-refractivity contribution in [1.29, 1.82) is 0 Å². The van der Waals surface area contributed by atoms with Gasteiger partial charge in [-0.1, -0.05) is 0 Å². The van der Waals surface area contributed by atoms with Gasteiger partial charge in [-0.25, -0.2) is 0 Å². The van der Waals surface area contributed by atoms with E-state index in [0.717, 1.165) is 0 Å². The molecule has 0 saturated heterocycles. The summed E-state index contributed by atoms with van der Waals surface area (Å²) in [6.07, 6.45) is 0. The van der Waals surface area contributed by atoms with Crippen LogP contribution in [0.4, 0.5) is 0 Å². The molecule has 0 saturated carbocycles. The van der Waals surface area contributed by atoms with Crippen molar-refractivity contribution < 1.29 is 22.6 Å². The van der Waals surface area contributed by atoms with Gasteiger partial charge in [0, 0.05) is 56.9 Å². The Labute approximate surface area is 81.3 Å². The van der Waals surface area contributed by atoms with Crippen LogP contribution in [0.15, 0.2) is 0 Å². The second-order valence-electron chi connectivity index (χ2n) is 0. The molecule has 0 aromatic rings. The summed E-state index contributed by atoms with van der Waals surface area (Å²) in [4.78, 5) is 0. The summed E-state index contributed by atoms with van der Waals surface area (Å²) in [7, 11) is 0. The van der Waals surface area contributed by atoms with E-state index < -0.39 is 0 Å². The standard InChI is InChI=1S/Ga.Ge.O.Sn.Zn. The Balaban J connectivity index is -0.00000000167. The molecule has 0 spiro atoms. The van der Waals surface area contributed by atoms with E-state index in [1.165, 1.54) is 0 Å². The minimum atomic E-state index is 0. The molecule has 0 aliphatic rings. The summed E-state index contributed by atoms with van der Waals surface area (Å²) < 4.78 is 8.34. The van der Waals surface area contributed by atoms with Gasteiger partial charge in [0.25, 0.3) is 0 Å². The zero-order chi connectivity index (χ0) is 2.00. The van der Waals surface area contributed by atoms with Gasteiger partial charge in [-0.3, -0.25) is 0 Å². The molecule has 0 heterocycles. The molecular formula is GaGeOSnZn. The molecule has 9 radical (unpaired) electrons. The SMILES string of the molecule is [Ga].[Ge].[O]=[Sn].[Zn]. The molecule has 0 aromatic heterocycles. The summed E-state index contributed by atoms with van der Waals surface area (Å²) in [5.41, 5.74) is 0. The molecule has 0 aliphatic carbocycles. The Bertz CT molecular complexity index is 11.6. The third-order valence-corrected chi connectivity index (χ3v) is 0. The van der Waals surface area contributed by atoms with Crippen LogP contribution in [-0.4, -0.2) is 59.9 Å². The van der Waals surface area contributed by atoms with Crippen LogP contribution in [0.3, 0.4) is 0 Å². The van der Waals surface area contributed by atoms with Crippen LogP contribution in [0.5, 0.6) is 0 Å². The third kappa shape index (κ3) is 21.5. The largest absolute Gasteiger partial charge is 0 e. The first-order valence-corrected chi connectivity index (χ1v) is 1.37. The first kappa shape index (κ1) is 26.2. The van der Waals surface area contributed by atoms with Crippen molar-refractivity contribution in [3.8, 4) is 0 Å². The molecule has 0 atom stereocenters. The number of hydrogen-bond acceptors (Lipinski definition) is 1. The van der Waals surface area contributed by atoms with Gasteiger partial charge in [0.05, 0.1) is 0 Å². The maximum absolute atomic E-state index is 8.34. The van der Waals surface area contributed by atoms with Crippen molar-refractivity contribution in [3.63, 3.8) is 0 Å². The van der Waals surface area contributed by atoms with E-state index in [-0.39, 0.29) is 56.9 Å². The van der Waals surface area contributed by atoms with Crippen molar-refractivity contribution in [2.75, 3.05) is 0 Å². The second-order valence-corrected chi connectivity index (χ2v) is 0. The van der Waals surface area contributed by atoms with Gasteiger partial charge in [-0.15, -0.1) is 0 Å². The van der Waals surface area contributed by atoms with Gasteiger partial charge < -0.3 is 0 Å². The van der Waals surface area contributed by atoms with Crippen LogP contribution >= 0.6 is 0 Å². The Morgan fingerprint density at radius 3 is 1.20 bits per heavy atom. The molecule has 5 heavy (non-hydrogen) atoms. The molecule has 0 amide bonds. The van der Waals surface area contributed by atoms with Crippen molar-refractivity contribution in [2.24, 2.45) is 0 Å². The average Bonchev–Trinajstić information content (AvgIpc) is 1.00. The summed E-state index contributed by atoms with van der Waals surface area (Å²) in [5.74, 6) is 0. The Kier molecular flexibility index (Phi) is 170. The second kappa shape index (κ2) is 32.4. The summed E-state index contributed by atoms with van der Waals surface area (Å²) in [6, 6.07) is 0. The van der Waals surface area contributed by atoms with Gasteiger partial charge in [0.2, 0.25) is 0 Å². The predicted octanol–water partition coefficient (Wildman–Crippen LogP) is -1.26. The maximum atomic E-state index is 8.34. The molecule has 0 N–H and O–H groups in total. The number of rotatable bonds is 0. The fourth-order valence-electron chi connectivity index (χ4n) is 0. The molecular weight excluding hydrogens is 342 g/mol. The molecule has 5 heteroatoms. The van der Waals surface area contributed by atoms with E-state index >= 15 is 0 Å². The van der Waals surface area contributed by atoms with Gasteiger partial charge in [-0.05, 0) is 0 Å². The van der Waals surface area contributed by atoms with E-state index in [2.05, 4.69) is 0 Å². The first-order valence-electron chi connectivity index (χ1n) is 0.204. The molecule has 19 valence electrons. The van der Waals surface area contributed by atoms with Crippen LogP contribution < -0.4 is 0 Å². The van der Waals surface area contributed by atoms with Gasteiger partial charge in [0.1, 0.15) is 0 Å². The third-order valence-electron chi connectivity index (χ3n) is 0. The van der Waals surface area contributed by atoms with Crippen molar-refractivity contribution >= 4 is 59.9 Å². The molecule has 0 fully saturated rings. The average molecular weight is 342 g/mol. The predicted molar refractivity (Wildman–Crippen MR) is 17.9 cm³/mol. The van der Waals surface area contributed by atoms with Crippen molar-refractivity contribution in [1.82, 2.24) is 0 Å². The van der Waals surface area contributed by atoms with Crippen molar-refractivity contribution in [3.05, 3.63) is 0 Å². The summed E-state index contributed by atoms with van der Waals surface area (Å²) >= 11 is 0.300. The van der Waals surface area contributed by atoms with E-state index in [1.54, 1.807) is 0 Å². The van der Waals surface area contributed by atoms with Crippen LogP contribution in [0.1, 0.15) is 0 Å². The molecule has 0 bridgehead atoms. The topological polar surface area (TPSA) is 17.1 Å². The Hall–Kier alpha value is 2.40.